The summed E-state index contributed by atoms with van der Waals surface area (Å²) in [6.07, 6.45) is 1.74. The Morgan fingerprint density at radius 1 is 1.40 bits per heavy atom. The molecule has 7 heteroatoms. The largest absolute Gasteiger partial charge is 0.351 e. The lowest BCUT2D eigenvalue weighted by molar-refractivity contribution is -0.121. The van der Waals surface area contributed by atoms with Crippen LogP contribution in [-0.2, 0) is 18.4 Å². The number of aliphatic imine (C=N–C) groups is 1. The quantitative estimate of drug-likeness (QED) is 0.535. The van der Waals surface area contributed by atoms with Gasteiger partial charge in [-0.2, -0.15) is 5.10 Å². The van der Waals surface area contributed by atoms with Crippen molar-refractivity contribution < 1.29 is 4.79 Å². The van der Waals surface area contributed by atoms with Crippen molar-refractivity contribution >= 4 is 11.9 Å². The van der Waals surface area contributed by atoms with Crippen LogP contribution in [0.2, 0.25) is 0 Å². The van der Waals surface area contributed by atoms with Crippen molar-refractivity contribution in [1.82, 2.24) is 25.7 Å². The molecule has 0 atom stereocenters. The molecule has 0 unspecified atom stereocenters. The van der Waals surface area contributed by atoms with Gasteiger partial charge in [0.2, 0.25) is 5.91 Å². The van der Waals surface area contributed by atoms with Gasteiger partial charge in [0.1, 0.15) is 0 Å². The summed E-state index contributed by atoms with van der Waals surface area (Å²) in [7, 11) is 3.55. The van der Waals surface area contributed by atoms with Gasteiger partial charge >= 0.3 is 0 Å². The first kappa shape index (κ1) is 16.0. The zero-order valence-electron chi connectivity index (χ0n) is 12.8. The van der Waals surface area contributed by atoms with Gasteiger partial charge in [0.05, 0.1) is 18.8 Å². The Kier molecular flexibility index (Phi) is 5.54. The first-order valence-corrected chi connectivity index (χ1v) is 6.54. The molecule has 1 aromatic heterocycles. The number of aryl methyl sites for hydroxylation is 1. The molecule has 0 aliphatic carbocycles. The summed E-state index contributed by atoms with van der Waals surface area (Å²) < 4.78 is 1.78. The van der Waals surface area contributed by atoms with E-state index in [0.29, 0.717) is 12.5 Å². The zero-order valence-corrected chi connectivity index (χ0v) is 12.8. The lowest BCUT2D eigenvalue weighted by Crippen LogP contribution is -2.48. The van der Waals surface area contributed by atoms with Crippen LogP contribution in [-0.4, -0.2) is 40.8 Å². The summed E-state index contributed by atoms with van der Waals surface area (Å²) in [5.74, 6) is 0.510. The standard InChI is InChI=1S/C13H24N6O/c1-13(2,3)18-11(20)9-16-12(14-4)15-8-10-6-7-17-19(10)5/h6-7H,8-9H2,1-5H3,(H,18,20)(H2,14,15,16). The molecule has 1 heterocycles. The average molecular weight is 280 g/mol. The SMILES string of the molecule is CN=C(NCC(=O)NC(C)(C)C)NCc1ccnn1C. The molecule has 0 bridgehead atoms. The Bertz CT molecular complexity index is 471. The van der Waals surface area contributed by atoms with Crippen LogP contribution in [0.3, 0.4) is 0 Å². The molecule has 1 aromatic rings. The summed E-state index contributed by atoms with van der Waals surface area (Å²) in [6.45, 7) is 6.61. The Morgan fingerprint density at radius 2 is 2.10 bits per heavy atom. The molecule has 20 heavy (non-hydrogen) atoms. The number of amides is 1. The number of aromatic nitrogens is 2. The first-order chi connectivity index (χ1) is 9.31. The van der Waals surface area contributed by atoms with E-state index in [0.717, 1.165) is 5.69 Å². The molecule has 0 spiro atoms. The number of nitrogens with one attached hydrogen (secondary N) is 3. The van der Waals surface area contributed by atoms with Crippen molar-refractivity contribution in [2.45, 2.75) is 32.9 Å². The maximum Gasteiger partial charge on any atom is 0.239 e. The fourth-order valence-electron chi connectivity index (χ4n) is 1.60. The van der Waals surface area contributed by atoms with Crippen LogP contribution in [0.5, 0.6) is 0 Å². The van der Waals surface area contributed by atoms with E-state index in [1.54, 1.807) is 17.9 Å². The van der Waals surface area contributed by atoms with E-state index >= 15 is 0 Å². The van der Waals surface area contributed by atoms with Gasteiger partial charge in [-0.05, 0) is 26.8 Å². The normalized spacial score (nSPS) is 12.2. The zero-order chi connectivity index (χ0) is 15.2. The Labute approximate surface area is 119 Å². The molecule has 0 radical (unpaired) electrons. The van der Waals surface area contributed by atoms with E-state index in [9.17, 15) is 4.79 Å². The van der Waals surface area contributed by atoms with Crippen molar-refractivity contribution in [3.05, 3.63) is 18.0 Å². The third kappa shape index (κ3) is 5.73. The summed E-state index contributed by atoms with van der Waals surface area (Å²) >= 11 is 0. The summed E-state index contributed by atoms with van der Waals surface area (Å²) in [5, 5.41) is 13.1. The number of carbonyl (C=O) groups excluding carboxylic acids is 1. The Morgan fingerprint density at radius 3 is 2.60 bits per heavy atom. The van der Waals surface area contributed by atoms with Crippen LogP contribution in [0.1, 0.15) is 26.5 Å². The van der Waals surface area contributed by atoms with Crippen molar-refractivity contribution in [2.75, 3.05) is 13.6 Å². The fourth-order valence-corrected chi connectivity index (χ4v) is 1.60. The van der Waals surface area contributed by atoms with Gasteiger partial charge in [0, 0.05) is 25.8 Å². The smallest absolute Gasteiger partial charge is 0.239 e. The highest BCUT2D eigenvalue weighted by atomic mass is 16.2. The van der Waals surface area contributed by atoms with E-state index in [1.165, 1.54) is 0 Å². The highest BCUT2D eigenvalue weighted by Gasteiger charge is 2.13. The van der Waals surface area contributed by atoms with Crippen molar-refractivity contribution in [1.29, 1.82) is 0 Å². The summed E-state index contributed by atoms with van der Waals surface area (Å²) in [4.78, 5) is 15.8. The minimum absolute atomic E-state index is 0.0685. The number of hydrogen-bond donors (Lipinski definition) is 3. The van der Waals surface area contributed by atoms with Gasteiger partial charge in [0.15, 0.2) is 5.96 Å². The predicted molar refractivity (Wildman–Crippen MR) is 79.3 cm³/mol. The van der Waals surface area contributed by atoms with Crippen molar-refractivity contribution in [2.24, 2.45) is 12.0 Å². The number of guanidine groups is 1. The van der Waals surface area contributed by atoms with Gasteiger partial charge < -0.3 is 16.0 Å². The fraction of sp³-hybridized carbons (Fsp3) is 0.615. The van der Waals surface area contributed by atoms with Gasteiger partial charge in [0.25, 0.3) is 0 Å². The topological polar surface area (TPSA) is 83.3 Å². The van der Waals surface area contributed by atoms with Gasteiger partial charge in [-0.25, -0.2) is 0 Å². The minimum atomic E-state index is -0.232. The molecule has 0 aliphatic rings. The molecule has 1 rings (SSSR count). The van der Waals surface area contributed by atoms with Crippen LogP contribution >= 0.6 is 0 Å². The molecular weight excluding hydrogens is 256 g/mol. The number of carbonyl (C=O) groups is 1. The molecule has 0 fully saturated rings. The molecule has 1 amide bonds. The second-order valence-corrected chi connectivity index (χ2v) is 5.52. The molecule has 7 nitrogen and oxygen atoms in total. The maximum absolute atomic E-state index is 11.7. The van der Waals surface area contributed by atoms with Crippen molar-refractivity contribution in [3.8, 4) is 0 Å². The van der Waals surface area contributed by atoms with E-state index in [2.05, 4.69) is 26.0 Å². The molecular formula is C13H24N6O. The van der Waals surface area contributed by atoms with Gasteiger partial charge in [-0.1, -0.05) is 0 Å². The van der Waals surface area contributed by atoms with Crippen LogP contribution in [0.4, 0.5) is 0 Å². The van der Waals surface area contributed by atoms with Crippen LogP contribution in [0.15, 0.2) is 17.3 Å². The lowest BCUT2D eigenvalue weighted by Gasteiger charge is -2.21. The first-order valence-electron chi connectivity index (χ1n) is 6.54. The maximum atomic E-state index is 11.7. The van der Waals surface area contributed by atoms with E-state index in [-0.39, 0.29) is 18.0 Å². The third-order valence-electron chi connectivity index (χ3n) is 2.51. The van der Waals surface area contributed by atoms with Crippen molar-refractivity contribution in [3.63, 3.8) is 0 Å². The average Bonchev–Trinajstić information content (AvgIpc) is 2.73. The number of rotatable bonds is 4. The predicted octanol–water partition coefficient (Wildman–Crippen LogP) is -0.000200. The van der Waals surface area contributed by atoms with E-state index in [4.69, 9.17) is 0 Å². The van der Waals surface area contributed by atoms with Crippen LogP contribution in [0.25, 0.3) is 0 Å². The highest BCUT2D eigenvalue weighted by Crippen LogP contribution is 1.97. The summed E-state index contributed by atoms with van der Waals surface area (Å²) in [6, 6.07) is 1.92. The number of nitrogens with zero attached hydrogens (tertiary/aromatic N) is 3. The molecule has 0 aliphatic heterocycles. The molecule has 3 N–H and O–H groups in total. The minimum Gasteiger partial charge on any atom is -0.351 e. The number of hydrogen-bond acceptors (Lipinski definition) is 3. The lowest BCUT2D eigenvalue weighted by atomic mass is 10.1. The van der Waals surface area contributed by atoms with Crippen LogP contribution < -0.4 is 16.0 Å². The Hall–Kier alpha value is -2.05. The third-order valence-corrected chi connectivity index (χ3v) is 2.51. The summed E-state index contributed by atoms with van der Waals surface area (Å²) in [5.41, 5.74) is 0.803. The van der Waals surface area contributed by atoms with E-state index in [1.807, 2.05) is 33.9 Å². The monoisotopic (exact) mass is 280 g/mol. The van der Waals surface area contributed by atoms with Crippen LogP contribution in [0, 0.1) is 0 Å². The second kappa shape index (κ2) is 6.93. The molecule has 0 saturated heterocycles. The molecule has 112 valence electrons. The second-order valence-electron chi connectivity index (χ2n) is 5.52. The van der Waals surface area contributed by atoms with Gasteiger partial charge in [-0.3, -0.25) is 14.5 Å². The molecule has 0 saturated carbocycles. The van der Waals surface area contributed by atoms with E-state index < -0.39 is 0 Å². The van der Waals surface area contributed by atoms with Gasteiger partial charge in [-0.15, -0.1) is 0 Å². The molecule has 0 aromatic carbocycles. The Balaban J connectivity index is 2.37. The highest BCUT2D eigenvalue weighted by molar-refractivity contribution is 5.86.